The van der Waals surface area contributed by atoms with E-state index in [-0.39, 0.29) is 12.7 Å². The second-order valence-electron chi connectivity index (χ2n) is 3.89. The van der Waals surface area contributed by atoms with Crippen LogP contribution in [0.25, 0.3) is 0 Å². The monoisotopic (exact) mass is 252 g/mol. The molecule has 1 aliphatic rings. The molecule has 1 aromatic rings. The number of nitrogens with two attached hydrogens (primary N) is 1. The maximum Gasteiger partial charge on any atom is 0.233 e. The van der Waals surface area contributed by atoms with Crippen LogP contribution in [-0.2, 0) is 4.79 Å². The van der Waals surface area contributed by atoms with Gasteiger partial charge in [-0.05, 0) is 25.0 Å². The van der Waals surface area contributed by atoms with E-state index < -0.39 is 0 Å². The second kappa shape index (κ2) is 6.11. The number of unbranched alkanes of at least 4 members (excludes halogenated alkanes) is 1. The number of ether oxygens (including phenoxy) is 3. The molecule has 1 aliphatic heterocycles. The van der Waals surface area contributed by atoms with Crippen LogP contribution in [0.4, 0.5) is 0 Å². The molecule has 98 valence electrons. The molecule has 0 aromatic heterocycles. The summed E-state index contributed by atoms with van der Waals surface area (Å²) in [5, 5.41) is 0. The highest BCUT2D eigenvalue weighted by Crippen LogP contribution is 2.35. The fourth-order valence-corrected chi connectivity index (χ4v) is 1.62. The summed E-state index contributed by atoms with van der Waals surface area (Å²) in [6, 6.07) is 5.45. The Labute approximate surface area is 105 Å². The minimum Gasteiger partial charge on any atom is -0.493 e. The van der Waals surface area contributed by atoms with Crippen molar-refractivity contribution in [2.75, 3.05) is 13.4 Å². The van der Waals surface area contributed by atoms with E-state index in [1.54, 1.807) is 6.07 Å². The van der Waals surface area contributed by atoms with Crippen molar-refractivity contribution in [3.05, 3.63) is 18.2 Å². The lowest BCUT2D eigenvalue weighted by Crippen LogP contribution is -2.29. The lowest BCUT2D eigenvalue weighted by molar-refractivity contribution is -0.121. The second-order valence-corrected chi connectivity index (χ2v) is 3.89. The molecule has 0 unspecified atom stereocenters. The molecule has 3 N–H and O–H groups in total. The van der Waals surface area contributed by atoms with Crippen LogP contribution in [-0.4, -0.2) is 19.3 Å². The smallest absolute Gasteiger partial charge is 0.233 e. The van der Waals surface area contributed by atoms with Crippen LogP contribution >= 0.6 is 0 Å². The highest BCUT2D eigenvalue weighted by Gasteiger charge is 2.13. The number of amides is 1. The average molecular weight is 252 g/mol. The van der Waals surface area contributed by atoms with E-state index in [4.69, 9.17) is 20.1 Å². The van der Waals surface area contributed by atoms with Crippen molar-refractivity contribution in [2.24, 2.45) is 5.84 Å². The number of hydrazine groups is 1. The molecule has 1 heterocycles. The van der Waals surface area contributed by atoms with Gasteiger partial charge in [0.15, 0.2) is 11.5 Å². The summed E-state index contributed by atoms with van der Waals surface area (Å²) in [7, 11) is 0. The predicted molar refractivity (Wildman–Crippen MR) is 64.2 cm³/mol. The minimum atomic E-state index is -0.155. The molecule has 18 heavy (non-hydrogen) atoms. The van der Waals surface area contributed by atoms with Gasteiger partial charge in [0.05, 0.1) is 6.61 Å². The average Bonchev–Trinajstić information content (AvgIpc) is 2.85. The number of rotatable bonds is 6. The zero-order chi connectivity index (χ0) is 12.8. The summed E-state index contributed by atoms with van der Waals surface area (Å²) >= 11 is 0. The van der Waals surface area contributed by atoms with Crippen LogP contribution in [0, 0.1) is 0 Å². The Morgan fingerprint density at radius 2 is 2.17 bits per heavy atom. The quantitative estimate of drug-likeness (QED) is 0.341. The summed E-state index contributed by atoms with van der Waals surface area (Å²) < 4.78 is 16.0. The molecule has 0 saturated heterocycles. The van der Waals surface area contributed by atoms with Crippen molar-refractivity contribution in [3.8, 4) is 17.2 Å². The number of hydrogen-bond acceptors (Lipinski definition) is 5. The molecule has 0 saturated carbocycles. The van der Waals surface area contributed by atoms with Gasteiger partial charge >= 0.3 is 0 Å². The van der Waals surface area contributed by atoms with Crippen LogP contribution in [0.3, 0.4) is 0 Å². The van der Waals surface area contributed by atoms with Crippen molar-refractivity contribution in [3.63, 3.8) is 0 Å². The number of carbonyl (C=O) groups excluding carboxylic acids is 1. The van der Waals surface area contributed by atoms with Gasteiger partial charge in [0.1, 0.15) is 5.75 Å². The third kappa shape index (κ3) is 3.27. The Morgan fingerprint density at radius 3 is 3.00 bits per heavy atom. The highest BCUT2D eigenvalue weighted by atomic mass is 16.7. The first-order chi connectivity index (χ1) is 8.79. The van der Waals surface area contributed by atoms with E-state index in [1.165, 1.54) is 0 Å². The molecule has 0 fully saturated rings. The number of benzene rings is 1. The molecule has 0 radical (unpaired) electrons. The first kappa shape index (κ1) is 12.5. The minimum absolute atomic E-state index is 0.155. The van der Waals surface area contributed by atoms with Gasteiger partial charge in [0, 0.05) is 12.5 Å². The topological polar surface area (TPSA) is 82.8 Å². The zero-order valence-corrected chi connectivity index (χ0v) is 9.98. The van der Waals surface area contributed by atoms with E-state index in [2.05, 4.69) is 5.43 Å². The van der Waals surface area contributed by atoms with Crippen LogP contribution in [0.1, 0.15) is 19.3 Å². The van der Waals surface area contributed by atoms with Crippen molar-refractivity contribution in [2.45, 2.75) is 19.3 Å². The lowest BCUT2D eigenvalue weighted by Gasteiger charge is -2.06. The normalized spacial score (nSPS) is 12.3. The summed E-state index contributed by atoms with van der Waals surface area (Å²) in [6.45, 7) is 0.810. The number of nitrogens with one attached hydrogen (secondary N) is 1. The van der Waals surface area contributed by atoms with Gasteiger partial charge in [0.25, 0.3) is 0 Å². The van der Waals surface area contributed by atoms with Crippen molar-refractivity contribution >= 4 is 5.91 Å². The standard InChI is InChI=1S/C12H16N2O4/c13-14-12(15)3-1-2-6-16-9-4-5-10-11(7-9)18-8-17-10/h4-5,7H,1-3,6,8,13H2,(H,14,15). The SMILES string of the molecule is NNC(=O)CCCCOc1ccc2c(c1)OCO2. The summed E-state index contributed by atoms with van der Waals surface area (Å²) in [5.41, 5.74) is 2.09. The van der Waals surface area contributed by atoms with E-state index in [0.29, 0.717) is 18.8 Å². The largest absolute Gasteiger partial charge is 0.493 e. The van der Waals surface area contributed by atoms with Gasteiger partial charge < -0.3 is 14.2 Å². The van der Waals surface area contributed by atoms with E-state index >= 15 is 0 Å². The Bertz CT molecular complexity index is 423. The molecule has 6 heteroatoms. The molecule has 1 aromatic carbocycles. The third-order valence-corrected chi connectivity index (χ3v) is 2.57. The Balaban J connectivity index is 1.69. The van der Waals surface area contributed by atoms with Gasteiger partial charge in [-0.25, -0.2) is 5.84 Å². The number of hydrogen-bond donors (Lipinski definition) is 2. The molecule has 0 bridgehead atoms. The van der Waals surface area contributed by atoms with E-state index in [0.717, 1.165) is 24.3 Å². The summed E-state index contributed by atoms with van der Waals surface area (Å²) in [4.78, 5) is 10.9. The first-order valence-corrected chi connectivity index (χ1v) is 5.81. The van der Waals surface area contributed by atoms with Crippen LogP contribution in [0.15, 0.2) is 18.2 Å². The van der Waals surface area contributed by atoms with Gasteiger partial charge in [-0.1, -0.05) is 0 Å². The van der Waals surface area contributed by atoms with E-state index in [9.17, 15) is 4.79 Å². The first-order valence-electron chi connectivity index (χ1n) is 5.81. The highest BCUT2D eigenvalue weighted by molar-refractivity contribution is 5.75. The Morgan fingerprint density at radius 1 is 1.33 bits per heavy atom. The van der Waals surface area contributed by atoms with Gasteiger partial charge in [-0.2, -0.15) is 0 Å². The van der Waals surface area contributed by atoms with Crippen molar-refractivity contribution in [1.29, 1.82) is 0 Å². The fourth-order valence-electron chi connectivity index (χ4n) is 1.62. The Hall–Kier alpha value is -1.95. The molecule has 0 aliphatic carbocycles. The van der Waals surface area contributed by atoms with Crippen LogP contribution in [0.5, 0.6) is 17.2 Å². The predicted octanol–water partition coefficient (Wildman–Crippen LogP) is 0.954. The molecular weight excluding hydrogens is 236 g/mol. The van der Waals surface area contributed by atoms with Crippen LogP contribution < -0.4 is 25.5 Å². The zero-order valence-electron chi connectivity index (χ0n) is 9.98. The molecular formula is C12H16N2O4. The fraction of sp³-hybridized carbons (Fsp3) is 0.417. The van der Waals surface area contributed by atoms with E-state index in [1.807, 2.05) is 12.1 Å². The molecule has 2 rings (SSSR count). The molecule has 6 nitrogen and oxygen atoms in total. The summed E-state index contributed by atoms with van der Waals surface area (Å²) in [6.07, 6.45) is 1.95. The number of fused-ring (bicyclic) bond motifs is 1. The van der Waals surface area contributed by atoms with Crippen molar-refractivity contribution < 1.29 is 19.0 Å². The number of carbonyl (C=O) groups is 1. The molecule has 0 atom stereocenters. The maximum absolute atomic E-state index is 10.9. The van der Waals surface area contributed by atoms with Gasteiger partial charge in [-0.15, -0.1) is 0 Å². The molecule has 1 amide bonds. The lowest BCUT2D eigenvalue weighted by atomic mass is 10.2. The maximum atomic E-state index is 10.9. The third-order valence-electron chi connectivity index (χ3n) is 2.57. The Kier molecular flexibility index (Phi) is 4.25. The van der Waals surface area contributed by atoms with Crippen molar-refractivity contribution in [1.82, 2.24) is 5.43 Å². The summed E-state index contributed by atoms with van der Waals surface area (Å²) in [5.74, 6) is 7.00. The van der Waals surface area contributed by atoms with Crippen LogP contribution in [0.2, 0.25) is 0 Å². The molecule has 0 spiro atoms. The van der Waals surface area contributed by atoms with Gasteiger partial charge in [0.2, 0.25) is 12.7 Å². The van der Waals surface area contributed by atoms with Gasteiger partial charge in [-0.3, -0.25) is 10.2 Å².